The van der Waals surface area contributed by atoms with Gasteiger partial charge in [0.15, 0.2) is 0 Å². The summed E-state index contributed by atoms with van der Waals surface area (Å²) in [6.45, 7) is 5.73. The molecule has 0 saturated heterocycles. The molecule has 1 N–H and O–H groups in total. The zero-order chi connectivity index (χ0) is 19.8. The highest BCUT2D eigenvalue weighted by molar-refractivity contribution is 9.10. The zero-order valence-electron chi connectivity index (χ0n) is 15.4. The van der Waals surface area contributed by atoms with Gasteiger partial charge in [0.25, 0.3) is 10.0 Å². The lowest BCUT2D eigenvalue weighted by Gasteiger charge is -2.19. The van der Waals surface area contributed by atoms with Crippen LogP contribution in [0, 0.1) is 5.92 Å². The number of anilines is 1. The predicted molar refractivity (Wildman–Crippen MR) is 111 cm³/mol. The van der Waals surface area contributed by atoms with Crippen LogP contribution in [0.1, 0.15) is 48.0 Å². The van der Waals surface area contributed by atoms with Crippen LogP contribution in [0.5, 0.6) is 0 Å². The Morgan fingerprint density at radius 1 is 1.30 bits per heavy atom. The molecule has 1 heterocycles. The summed E-state index contributed by atoms with van der Waals surface area (Å²) >= 11 is 4.65. The Morgan fingerprint density at radius 3 is 2.59 bits per heavy atom. The second-order valence-electron chi connectivity index (χ2n) is 7.07. The molecule has 0 amide bonds. The summed E-state index contributed by atoms with van der Waals surface area (Å²) in [5.74, 6) is 0.0478. The normalized spacial score (nSPS) is 16.9. The average molecular weight is 472 g/mol. The standard InChI is InChI=1S/C19H22BrNO4S2/c1-11(2)25-19(22)17-15-9-4-12(3)10-16(15)26-18(17)21-27(23,24)14-7-5-13(20)6-8-14/h5-8,11-12,21H,4,9-10H2,1-3H3/t12-/m1/s1. The van der Waals surface area contributed by atoms with Crippen LogP contribution in [0.4, 0.5) is 5.00 Å². The number of fused-ring (bicyclic) bond motifs is 1. The van der Waals surface area contributed by atoms with Crippen molar-refractivity contribution in [2.24, 2.45) is 5.92 Å². The van der Waals surface area contributed by atoms with Crippen molar-refractivity contribution < 1.29 is 17.9 Å². The first-order valence-corrected chi connectivity index (χ1v) is 11.9. The Labute approximate surface area is 172 Å². The Bertz CT molecular complexity index is 949. The number of carbonyl (C=O) groups is 1. The summed E-state index contributed by atoms with van der Waals surface area (Å²) in [5, 5.41) is 0.350. The van der Waals surface area contributed by atoms with Crippen LogP contribution in [0.3, 0.4) is 0 Å². The lowest BCUT2D eigenvalue weighted by atomic mass is 9.88. The SMILES string of the molecule is CC(C)OC(=O)c1c(NS(=O)(=O)c2ccc(Br)cc2)sc2c1CC[C@@H](C)C2. The van der Waals surface area contributed by atoms with Crippen LogP contribution in [-0.2, 0) is 27.6 Å². The van der Waals surface area contributed by atoms with E-state index >= 15 is 0 Å². The summed E-state index contributed by atoms with van der Waals surface area (Å²) in [4.78, 5) is 13.9. The van der Waals surface area contributed by atoms with Gasteiger partial charge in [-0.15, -0.1) is 11.3 Å². The van der Waals surface area contributed by atoms with E-state index < -0.39 is 16.0 Å². The molecule has 0 radical (unpaired) electrons. The predicted octanol–water partition coefficient (Wildman–Crippen LogP) is 5.00. The maximum Gasteiger partial charge on any atom is 0.341 e. The molecule has 2 aromatic rings. The van der Waals surface area contributed by atoms with E-state index in [-0.39, 0.29) is 11.0 Å². The molecule has 1 aliphatic carbocycles. The van der Waals surface area contributed by atoms with E-state index in [1.165, 1.54) is 23.5 Å². The Kier molecular flexibility index (Phi) is 5.98. The molecule has 1 atom stereocenters. The van der Waals surface area contributed by atoms with Crippen LogP contribution in [-0.4, -0.2) is 20.5 Å². The topological polar surface area (TPSA) is 72.5 Å². The maximum absolute atomic E-state index is 12.8. The maximum atomic E-state index is 12.8. The van der Waals surface area contributed by atoms with Gasteiger partial charge in [-0.3, -0.25) is 4.72 Å². The van der Waals surface area contributed by atoms with Crippen LogP contribution >= 0.6 is 27.3 Å². The number of hydrogen-bond acceptors (Lipinski definition) is 5. The largest absolute Gasteiger partial charge is 0.459 e. The highest BCUT2D eigenvalue weighted by Gasteiger charge is 2.31. The Hall–Kier alpha value is -1.38. The molecular weight excluding hydrogens is 450 g/mol. The van der Waals surface area contributed by atoms with Gasteiger partial charge in [-0.2, -0.15) is 0 Å². The summed E-state index contributed by atoms with van der Waals surface area (Å²) in [5.41, 5.74) is 1.30. The van der Waals surface area contributed by atoms with E-state index in [1.54, 1.807) is 26.0 Å². The van der Waals surface area contributed by atoms with Gasteiger partial charge < -0.3 is 4.74 Å². The third-order valence-corrected chi connectivity index (χ3v) is 7.60. The second kappa shape index (κ2) is 7.93. The molecule has 146 valence electrons. The van der Waals surface area contributed by atoms with Crippen molar-refractivity contribution in [1.82, 2.24) is 0 Å². The van der Waals surface area contributed by atoms with Gasteiger partial charge in [-0.1, -0.05) is 22.9 Å². The molecule has 0 saturated carbocycles. The average Bonchev–Trinajstić information content (AvgIpc) is 2.90. The Balaban J connectivity index is 2.01. The van der Waals surface area contributed by atoms with Crippen molar-refractivity contribution in [2.75, 3.05) is 4.72 Å². The van der Waals surface area contributed by atoms with Gasteiger partial charge in [0.05, 0.1) is 16.6 Å². The number of carbonyl (C=O) groups excluding carboxylic acids is 1. The monoisotopic (exact) mass is 471 g/mol. The van der Waals surface area contributed by atoms with Crippen molar-refractivity contribution in [2.45, 2.75) is 51.0 Å². The van der Waals surface area contributed by atoms with E-state index in [1.807, 2.05) is 0 Å². The number of thiophene rings is 1. The number of benzene rings is 1. The number of nitrogens with one attached hydrogen (secondary N) is 1. The van der Waals surface area contributed by atoms with Gasteiger partial charge in [-0.25, -0.2) is 13.2 Å². The van der Waals surface area contributed by atoms with E-state index in [0.29, 0.717) is 16.5 Å². The van der Waals surface area contributed by atoms with Crippen LogP contribution in [0.15, 0.2) is 33.6 Å². The van der Waals surface area contributed by atoms with Gasteiger partial charge in [0, 0.05) is 9.35 Å². The second-order valence-corrected chi connectivity index (χ2v) is 10.8. The molecule has 0 unspecified atom stereocenters. The van der Waals surface area contributed by atoms with Crippen LogP contribution < -0.4 is 4.72 Å². The fourth-order valence-corrected chi connectivity index (χ4v) is 6.08. The molecule has 0 aliphatic heterocycles. The first kappa shape index (κ1) is 20.4. The summed E-state index contributed by atoms with van der Waals surface area (Å²) in [6, 6.07) is 6.38. The number of hydrogen-bond donors (Lipinski definition) is 1. The highest BCUT2D eigenvalue weighted by Crippen LogP contribution is 2.41. The molecule has 1 aliphatic rings. The molecule has 8 heteroatoms. The lowest BCUT2D eigenvalue weighted by molar-refractivity contribution is 0.0378. The zero-order valence-corrected chi connectivity index (χ0v) is 18.6. The summed E-state index contributed by atoms with van der Waals surface area (Å²) < 4.78 is 34.4. The van der Waals surface area contributed by atoms with Crippen LogP contribution in [0.25, 0.3) is 0 Å². The minimum Gasteiger partial charge on any atom is -0.459 e. The molecule has 0 bridgehead atoms. The molecule has 27 heavy (non-hydrogen) atoms. The first-order valence-electron chi connectivity index (χ1n) is 8.81. The minimum absolute atomic E-state index is 0.147. The molecule has 5 nitrogen and oxygen atoms in total. The van der Waals surface area contributed by atoms with Crippen molar-refractivity contribution >= 4 is 48.3 Å². The Morgan fingerprint density at radius 2 is 1.96 bits per heavy atom. The van der Waals surface area contributed by atoms with Crippen molar-refractivity contribution in [3.63, 3.8) is 0 Å². The smallest absolute Gasteiger partial charge is 0.341 e. The first-order chi connectivity index (χ1) is 12.7. The minimum atomic E-state index is -3.80. The number of esters is 1. The van der Waals surface area contributed by atoms with Gasteiger partial charge in [0.1, 0.15) is 5.00 Å². The molecular formula is C19H22BrNO4S2. The van der Waals surface area contributed by atoms with E-state index in [2.05, 4.69) is 27.6 Å². The molecule has 1 aromatic carbocycles. The fraction of sp³-hybridized carbons (Fsp3) is 0.421. The number of ether oxygens (including phenoxy) is 1. The third kappa shape index (κ3) is 4.55. The van der Waals surface area contributed by atoms with Gasteiger partial charge in [0.2, 0.25) is 0 Å². The van der Waals surface area contributed by atoms with E-state index in [0.717, 1.165) is 34.2 Å². The van der Waals surface area contributed by atoms with Gasteiger partial charge in [-0.05, 0) is 68.9 Å². The molecule has 3 rings (SSSR count). The van der Waals surface area contributed by atoms with Crippen molar-refractivity contribution in [3.05, 3.63) is 44.7 Å². The van der Waals surface area contributed by atoms with Crippen molar-refractivity contribution in [1.29, 1.82) is 0 Å². The van der Waals surface area contributed by atoms with Gasteiger partial charge >= 0.3 is 5.97 Å². The highest BCUT2D eigenvalue weighted by atomic mass is 79.9. The lowest BCUT2D eigenvalue weighted by Crippen LogP contribution is -2.18. The quantitative estimate of drug-likeness (QED) is 0.622. The summed E-state index contributed by atoms with van der Waals surface area (Å²) in [7, 11) is -3.80. The number of sulfonamides is 1. The van der Waals surface area contributed by atoms with E-state index in [9.17, 15) is 13.2 Å². The third-order valence-electron chi connectivity index (χ3n) is 4.41. The summed E-state index contributed by atoms with van der Waals surface area (Å²) in [6.07, 6.45) is 2.31. The molecule has 0 spiro atoms. The number of rotatable bonds is 5. The molecule has 1 aromatic heterocycles. The molecule has 0 fully saturated rings. The van der Waals surface area contributed by atoms with Crippen LogP contribution in [0.2, 0.25) is 0 Å². The number of halogens is 1. The fourth-order valence-electron chi connectivity index (χ4n) is 3.11. The van der Waals surface area contributed by atoms with Crippen molar-refractivity contribution in [3.8, 4) is 0 Å². The van der Waals surface area contributed by atoms with E-state index in [4.69, 9.17) is 4.74 Å².